The van der Waals surface area contributed by atoms with Crippen LogP contribution in [0, 0.1) is 0 Å². The van der Waals surface area contributed by atoms with Gasteiger partial charge >= 0.3 is 0 Å². The highest BCUT2D eigenvalue weighted by Crippen LogP contribution is 2.00. The summed E-state index contributed by atoms with van der Waals surface area (Å²) in [7, 11) is 2.92. The van der Waals surface area contributed by atoms with Crippen molar-refractivity contribution in [3.63, 3.8) is 0 Å². The van der Waals surface area contributed by atoms with E-state index in [4.69, 9.17) is 5.53 Å². The molecule has 0 aliphatic rings. The predicted molar refractivity (Wildman–Crippen MR) is 94.9 cm³/mol. The highest BCUT2D eigenvalue weighted by atomic mass is 79.9. The van der Waals surface area contributed by atoms with Crippen molar-refractivity contribution in [3.05, 3.63) is 10.4 Å². The number of alkyl halides is 1. The van der Waals surface area contributed by atoms with Gasteiger partial charge in [0.2, 0.25) is 17.7 Å². The van der Waals surface area contributed by atoms with Crippen LogP contribution in [0.5, 0.6) is 0 Å². The van der Waals surface area contributed by atoms with Crippen molar-refractivity contribution in [2.75, 3.05) is 39.1 Å². The van der Waals surface area contributed by atoms with Crippen molar-refractivity contribution in [1.82, 2.24) is 15.1 Å². The topological polar surface area (TPSA) is 136 Å². The zero-order chi connectivity index (χ0) is 19.4. The molecule has 1 unspecified atom stereocenters. The van der Waals surface area contributed by atoms with Crippen LogP contribution in [0.4, 0.5) is 0 Å². The van der Waals surface area contributed by atoms with E-state index in [2.05, 4.69) is 31.3 Å². The summed E-state index contributed by atoms with van der Waals surface area (Å²) in [5, 5.41) is 6.00. The number of nitrogens with zero attached hydrogens (tertiary/aromatic N) is 5. The molecule has 1 N–H and O–H groups in total. The van der Waals surface area contributed by atoms with Crippen LogP contribution in [0.25, 0.3) is 10.4 Å². The monoisotopic (exact) mass is 418 g/mol. The molecule has 11 heteroatoms. The second-order valence-electron chi connectivity index (χ2n) is 5.32. The number of carbonyl (C=O) groups excluding carboxylic acids is 4. The molecule has 0 aromatic carbocycles. The van der Waals surface area contributed by atoms with Gasteiger partial charge in [-0.2, -0.15) is 0 Å². The maximum atomic E-state index is 12.0. The van der Waals surface area contributed by atoms with E-state index in [1.165, 1.54) is 23.9 Å². The van der Waals surface area contributed by atoms with Gasteiger partial charge in [0.15, 0.2) is 5.78 Å². The fraction of sp³-hybridized carbons (Fsp3) is 0.714. The molecular formula is C14H23BrN6O4. The number of amides is 3. The third-order valence-electron chi connectivity index (χ3n) is 3.37. The molecule has 25 heavy (non-hydrogen) atoms. The van der Waals surface area contributed by atoms with Gasteiger partial charge in [0.25, 0.3) is 0 Å². The summed E-state index contributed by atoms with van der Waals surface area (Å²) in [6.07, 6.45) is 0.429. The Labute approximate surface area is 154 Å². The fourth-order valence-corrected chi connectivity index (χ4v) is 2.28. The highest BCUT2D eigenvalue weighted by molar-refractivity contribution is 9.09. The van der Waals surface area contributed by atoms with E-state index >= 15 is 0 Å². The molecule has 0 spiro atoms. The number of hydrogen-bond donors (Lipinski definition) is 1. The van der Waals surface area contributed by atoms with Crippen molar-refractivity contribution in [1.29, 1.82) is 0 Å². The minimum Gasteiger partial charge on any atom is -0.345 e. The van der Waals surface area contributed by atoms with Crippen LogP contribution in [-0.4, -0.2) is 78.4 Å². The van der Waals surface area contributed by atoms with Crippen molar-refractivity contribution in [3.8, 4) is 0 Å². The number of ketones is 1. The van der Waals surface area contributed by atoms with Crippen molar-refractivity contribution < 1.29 is 19.2 Å². The molecule has 0 radical (unpaired) electrons. The Hall–Kier alpha value is -2.13. The third kappa shape index (κ3) is 9.06. The number of nitrogens with one attached hydrogen (secondary N) is 1. The molecule has 0 saturated carbocycles. The number of carbonyl (C=O) groups is 4. The summed E-state index contributed by atoms with van der Waals surface area (Å²) < 4.78 is 0. The van der Waals surface area contributed by atoms with E-state index in [1.54, 1.807) is 6.92 Å². The molecule has 0 aliphatic heterocycles. The number of halogens is 1. The first-order valence-corrected chi connectivity index (χ1v) is 8.75. The molecule has 0 aliphatic carbocycles. The Kier molecular flexibility index (Phi) is 11.2. The fourth-order valence-electron chi connectivity index (χ4n) is 1.85. The molecular weight excluding hydrogens is 396 g/mol. The normalized spacial score (nSPS) is 11.0. The highest BCUT2D eigenvalue weighted by Gasteiger charge is 2.21. The first-order chi connectivity index (χ1) is 11.8. The smallest absolute Gasteiger partial charge is 0.242 e. The molecule has 0 aromatic heterocycles. The zero-order valence-corrected chi connectivity index (χ0v) is 16.2. The summed E-state index contributed by atoms with van der Waals surface area (Å²) in [6.45, 7) is 1.36. The lowest BCUT2D eigenvalue weighted by atomic mass is 10.1. The number of rotatable bonds is 11. The number of Topliss-reactive ketones (excluding diaryl/α,β-unsaturated/α-hetero) is 1. The van der Waals surface area contributed by atoms with Gasteiger partial charge in [-0.15, -0.1) is 0 Å². The molecule has 0 aromatic rings. The lowest BCUT2D eigenvalue weighted by Crippen LogP contribution is -2.48. The van der Waals surface area contributed by atoms with Crippen LogP contribution in [0.3, 0.4) is 0 Å². The van der Waals surface area contributed by atoms with Crippen LogP contribution in [0.1, 0.15) is 19.8 Å². The van der Waals surface area contributed by atoms with E-state index in [-0.39, 0.29) is 49.5 Å². The standard InChI is InChI=1S/C14H23BrN6O4/c1-4-11(22)10(5-6-17-19-16)18-12(23)8-20(2)14(25)9-21(3)13(24)7-15/h10H,4-9H2,1-3H3,(H,18,23). The minimum atomic E-state index is -0.760. The molecule has 1 atom stereocenters. The van der Waals surface area contributed by atoms with Crippen molar-refractivity contribution >= 4 is 39.4 Å². The average Bonchev–Trinajstić information content (AvgIpc) is 2.59. The number of azide groups is 1. The first-order valence-electron chi connectivity index (χ1n) is 7.63. The van der Waals surface area contributed by atoms with E-state index < -0.39 is 17.9 Å². The molecule has 0 heterocycles. The lowest BCUT2D eigenvalue weighted by molar-refractivity contribution is -0.139. The molecule has 10 nitrogen and oxygen atoms in total. The summed E-state index contributed by atoms with van der Waals surface area (Å²) in [4.78, 5) is 52.3. The Morgan fingerprint density at radius 1 is 1.16 bits per heavy atom. The quantitative estimate of drug-likeness (QED) is 0.225. The number of hydrogen-bond acceptors (Lipinski definition) is 5. The second kappa shape index (κ2) is 12.3. The van der Waals surface area contributed by atoms with Crippen molar-refractivity contribution in [2.45, 2.75) is 25.8 Å². The van der Waals surface area contributed by atoms with E-state index in [0.717, 1.165) is 0 Å². The van der Waals surface area contributed by atoms with Crippen LogP contribution >= 0.6 is 15.9 Å². The molecule has 140 valence electrons. The first kappa shape index (κ1) is 22.9. The Morgan fingerprint density at radius 3 is 2.28 bits per heavy atom. The summed E-state index contributed by atoms with van der Waals surface area (Å²) in [5.74, 6) is -1.34. The Balaban J connectivity index is 4.61. The second-order valence-corrected chi connectivity index (χ2v) is 5.88. The van der Waals surface area contributed by atoms with Crippen molar-refractivity contribution in [2.24, 2.45) is 5.11 Å². The van der Waals surface area contributed by atoms with Gasteiger partial charge in [-0.05, 0) is 12.0 Å². The van der Waals surface area contributed by atoms with Gasteiger partial charge in [-0.1, -0.05) is 28.0 Å². The molecule has 3 amide bonds. The van der Waals surface area contributed by atoms with Gasteiger partial charge in [-0.3, -0.25) is 19.2 Å². The van der Waals surface area contributed by atoms with Gasteiger partial charge in [0, 0.05) is 32.0 Å². The van der Waals surface area contributed by atoms with Crippen LogP contribution in [-0.2, 0) is 19.2 Å². The third-order valence-corrected chi connectivity index (χ3v) is 3.85. The SMILES string of the molecule is CCC(=O)C(CCN=[N+]=[N-])NC(=O)CN(C)C(=O)CN(C)C(=O)CBr. The van der Waals surface area contributed by atoms with Gasteiger partial charge in [0.1, 0.15) is 0 Å². The largest absolute Gasteiger partial charge is 0.345 e. The minimum absolute atomic E-state index is 0.0847. The van der Waals surface area contributed by atoms with Gasteiger partial charge < -0.3 is 15.1 Å². The van der Waals surface area contributed by atoms with Gasteiger partial charge in [-0.25, -0.2) is 0 Å². The molecule has 0 bridgehead atoms. The lowest BCUT2D eigenvalue weighted by Gasteiger charge is -2.22. The van der Waals surface area contributed by atoms with Crippen LogP contribution in [0.15, 0.2) is 5.11 Å². The number of likely N-dealkylation sites (N-methyl/N-ethyl adjacent to an activating group) is 2. The van der Waals surface area contributed by atoms with Crippen LogP contribution in [0.2, 0.25) is 0 Å². The molecule has 0 fully saturated rings. The zero-order valence-electron chi connectivity index (χ0n) is 14.6. The van der Waals surface area contributed by atoms with Crippen LogP contribution < -0.4 is 5.32 Å². The maximum Gasteiger partial charge on any atom is 0.242 e. The van der Waals surface area contributed by atoms with E-state index in [9.17, 15) is 19.2 Å². The average molecular weight is 419 g/mol. The Bertz CT molecular complexity index is 549. The maximum absolute atomic E-state index is 12.0. The van der Waals surface area contributed by atoms with E-state index in [1.807, 2.05) is 0 Å². The van der Waals surface area contributed by atoms with Gasteiger partial charge in [0.05, 0.1) is 24.5 Å². The summed E-state index contributed by atoms with van der Waals surface area (Å²) in [6, 6.07) is -0.760. The molecule has 0 saturated heterocycles. The van der Waals surface area contributed by atoms with E-state index in [0.29, 0.717) is 0 Å². The molecule has 0 rings (SSSR count). The summed E-state index contributed by atoms with van der Waals surface area (Å²) >= 11 is 3.01. The summed E-state index contributed by atoms with van der Waals surface area (Å²) in [5.41, 5.74) is 8.28. The predicted octanol–water partition coefficient (Wildman–Crippen LogP) is 0.462. The Morgan fingerprint density at radius 2 is 1.76 bits per heavy atom.